The molecule has 0 atom stereocenters. The number of nitrogens with zero attached hydrogens (tertiary/aromatic N) is 2. The summed E-state index contributed by atoms with van der Waals surface area (Å²) in [5.74, 6) is -1.13. The molecule has 24 heavy (non-hydrogen) atoms. The molecule has 0 aliphatic carbocycles. The van der Waals surface area contributed by atoms with Gasteiger partial charge in [0, 0.05) is 5.56 Å². The predicted molar refractivity (Wildman–Crippen MR) is 82.5 cm³/mol. The number of benzene rings is 1. The van der Waals surface area contributed by atoms with Crippen molar-refractivity contribution in [3.63, 3.8) is 0 Å². The molecule has 128 valence electrons. The van der Waals surface area contributed by atoms with E-state index < -0.39 is 30.3 Å². The fourth-order valence-electron chi connectivity index (χ4n) is 2.29. The molecule has 5 nitrogen and oxygen atoms in total. The van der Waals surface area contributed by atoms with Crippen LogP contribution in [0, 0.1) is 0 Å². The summed E-state index contributed by atoms with van der Waals surface area (Å²) in [7, 11) is -0.526. The Morgan fingerprint density at radius 1 is 1.00 bits per heavy atom. The van der Waals surface area contributed by atoms with Crippen LogP contribution in [-0.2, 0) is 15.5 Å². The lowest BCUT2D eigenvalue weighted by Gasteiger charge is -2.32. The largest absolute Gasteiger partial charge is 0.494 e. The molecule has 0 spiro atoms. The van der Waals surface area contributed by atoms with Gasteiger partial charge in [0.05, 0.1) is 11.2 Å². The maximum atomic E-state index is 12.6. The molecule has 0 bridgehead atoms. The average molecular weight is 339 g/mol. The topological polar surface area (TPSA) is 60.0 Å². The van der Waals surface area contributed by atoms with Crippen molar-refractivity contribution in [2.45, 2.75) is 45.1 Å². The Hall–Kier alpha value is -1.87. The van der Waals surface area contributed by atoms with Crippen molar-refractivity contribution in [3.05, 3.63) is 30.1 Å². The van der Waals surface area contributed by atoms with Gasteiger partial charge in [-0.15, -0.1) is 0 Å². The van der Waals surface area contributed by atoms with Crippen LogP contribution in [0.4, 0.5) is 13.2 Å². The lowest BCUT2D eigenvalue weighted by atomic mass is 9.79. The molecule has 2 aromatic rings. The molecule has 1 N–H and O–H groups in total. The summed E-state index contributed by atoms with van der Waals surface area (Å²) in [5, 5.41) is 5.51. The van der Waals surface area contributed by atoms with Crippen LogP contribution < -0.4 is 5.46 Å². The molecule has 1 aliphatic heterocycles. The van der Waals surface area contributed by atoms with E-state index in [1.54, 1.807) is 24.3 Å². The first kappa shape index (κ1) is 17.0. The fourth-order valence-corrected chi connectivity index (χ4v) is 2.29. The van der Waals surface area contributed by atoms with Gasteiger partial charge in [0.25, 0.3) is 0 Å². The number of hydrogen-bond donors (Lipinski definition) is 1. The molecule has 1 aromatic heterocycles. The second-order valence-electron chi connectivity index (χ2n) is 6.72. The predicted octanol–water partition coefficient (Wildman–Crippen LogP) is 2.79. The zero-order valence-electron chi connectivity index (χ0n) is 13.7. The number of halogens is 3. The van der Waals surface area contributed by atoms with Crippen LogP contribution in [0.3, 0.4) is 0 Å². The third-order valence-electron chi connectivity index (χ3n) is 4.45. The zero-order valence-corrected chi connectivity index (χ0v) is 13.7. The molecule has 0 radical (unpaired) electrons. The van der Waals surface area contributed by atoms with Gasteiger partial charge in [-0.3, -0.25) is 5.10 Å². The molecule has 0 amide bonds. The smallest absolute Gasteiger partial charge is 0.399 e. The average Bonchev–Trinajstić information content (AvgIpc) is 3.02. The van der Waals surface area contributed by atoms with E-state index in [1.165, 1.54) is 0 Å². The van der Waals surface area contributed by atoms with E-state index in [0.29, 0.717) is 5.56 Å². The van der Waals surface area contributed by atoms with Gasteiger partial charge in [0.15, 0.2) is 5.82 Å². The molecule has 3 rings (SSSR count). The summed E-state index contributed by atoms with van der Waals surface area (Å²) in [6, 6.07) is 6.76. The Morgan fingerprint density at radius 3 is 2.00 bits per heavy atom. The summed E-state index contributed by atoms with van der Waals surface area (Å²) < 4.78 is 49.6. The summed E-state index contributed by atoms with van der Waals surface area (Å²) >= 11 is 0. The molecule has 9 heteroatoms. The van der Waals surface area contributed by atoms with E-state index in [4.69, 9.17) is 9.31 Å². The number of aromatic amines is 1. The second-order valence-corrected chi connectivity index (χ2v) is 6.72. The third kappa shape index (κ3) is 2.93. The maximum absolute atomic E-state index is 12.6. The third-order valence-corrected chi connectivity index (χ3v) is 4.45. The summed E-state index contributed by atoms with van der Waals surface area (Å²) in [5.41, 5.74) is 0.342. The van der Waals surface area contributed by atoms with Crippen LogP contribution in [0.1, 0.15) is 33.5 Å². The molecule has 1 aromatic carbocycles. The van der Waals surface area contributed by atoms with E-state index in [-0.39, 0.29) is 5.82 Å². The highest BCUT2D eigenvalue weighted by molar-refractivity contribution is 6.62. The van der Waals surface area contributed by atoms with Crippen LogP contribution in [0.25, 0.3) is 11.4 Å². The van der Waals surface area contributed by atoms with E-state index in [1.807, 2.05) is 32.8 Å². The highest BCUT2D eigenvalue weighted by Gasteiger charge is 2.51. The molecule has 1 aliphatic rings. The maximum Gasteiger partial charge on any atom is 0.494 e. The zero-order chi connectivity index (χ0) is 17.8. The number of nitrogens with one attached hydrogen (secondary N) is 1. The minimum absolute atomic E-state index is 0.0113. The number of H-pyrrole nitrogens is 1. The normalized spacial score (nSPS) is 19.7. The minimum Gasteiger partial charge on any atom is -0.399 e. The van der Waals surface area contributed by atoms with Crippen molar-refractivity contribution >= 4 is 12.6 Å². The number of alkyl halides is 3. The molecule has 1 saturated heterocycles. The summed E-state index contributed by atoms with van der Waals surface area (Å²) in [6.45, 7) is 7.81. The molecule has 0 saturated carbocycles. The lowest BCUT2D eigenvalue weighted by Crippen LogP contribution is -2.41. The first-order valence-corrected chi connectivity index (χ1v) is 7.45. The highest BCUT2D eigenvalue weighted by atomic mass is 19.4. The van der Waals surface area contributed by atoms with E-state index >= 15 is 0 Å². The Balaban J connectivity index is 1.81. The summed E-state index contributed by atoms with van der Waals surface area (Å²) in [4.78, 5) is 3.47. The van der Waals surface area contributed by atoms with Crippen molar-refractivity contribution in [2.24, 2.45) is 0 Å². The Morgan fingerprint density at radius 2 is 1.54 bits per heavy atom. The molecular formula is C15H17BF3N3O2. The Kier molecular flexibility index (Phi) is 3.76. The van der Waals surface area contributed by atoms with Gasteiger partial charge in [-0.25, -0.2) is 4.98 Å². The minimum atomic E-state index is -4.55. The first-order chi connectivity index (χ1) is 11.0. The van der Waals surface area contributed by atoms with E-state index in [2.05, 4.69) is 10.1 Å². The van der Waals surface area contributed by atoms with Gasteiger partial charge >= 0.3 is 13.3 Å². The van der Waals surface area contributed by atoms with Crippen LogP contribution in [-0.4, -0.2) is 33.5 Å². The highest BCUT2D eigenvalue weighted by Crippen LogP contribution is 2.36. The van der Waals surface area contributed by atoms with Crippen molar-refractivity contribution in [1.29, 1.82) is 0 Å². The molecule has 1 fully saturated rings. The van der Waals surface area contributed by atoms with Gasteiger partial charge in [0.1, 0.15) is 0 Å². The van der Waals surface area contributed by atoms with Gasteiger partial charge in [-0.1, -0.05) is 24.3 Å². The van der Waals surface area contributed by atoms with Gasteiger partial charge in [-0.05, 0) is 33.2 Å². The van der Waals surface area contributed by atoms with Gasteiger partial charge in [-0.2, -0.15) is 18.3 Å². The lowest BCUT2D eigenvalue weighted by molar-refractivity contribution is -0.144. The van der Waals surface area contributed by atoms with Crippen molar-refractivity contribution in [1.82, 2.24) is 15.2 Å². The number of rotatable bonds is 2. The molecule has 2 heterocycles. The van der Waals surface area contributed by atoms with Gasteiger partial charge < -0.3 is 9.31 Å². The monoisotopic (exact) mass is 339 g/mol. The summed E-state index contributed by atoms with van der Waals surface area (Å²) in [6.07, 6.45) is -4.55. The van der Waals surface area contributed by atoms with Crippen LogP contribution >= 0.6 is 0 Å². The van der Waals surface area contributed by atoms with Crippen molar-refractivity contribution in [2.75, 3.05) is 0 Å². The first-order valence-electron chi connectivity index (χ1n) is 7.45. The quantitative estimate of drug-likeness (QED) is 0.855. The number of hydrogen-bond acceptors (Lipinski definition) is 4. The van der Waals surface area contributed by atoms with Crippen LogP contribution in [0.15, 0.2) is 24.3 Å². The SMILES string of the molecule is CC1(C)OB(c2ccc(-c3n[nH]c(C(F)(F)F)n3)cc2)OC1(C)C. The van der Waals surface area contributed by atoms with E-state index in [9.17, 15) is 13.2 Å². The standard InChI is InChI=1S/C15H17BF3N3O2/c1-13(2)14(3,4)24-16(23-13)10-7-5-9(6-8-10)11-20-12(22-21-11)15(17,18)19/h5-8H,1-4H3,(H,20,21,22). The van der Waals surface area contributed by atoms with Crippen LogP contribution in [0.2, 0.25) is 0 Å². The second kappa shape index (κ2) is 5.32. The van der Waals surface area contributed by atoms with E-state index in [0.717, 1.165) is 5.46 Å². The van der Waals surface area contributed by atoms with Crippen molar-refractivity contribution in [3.8, 4) is 11.4 Å². The molecular weight excluding hydrogens is 322 g/mol. The van der Waals surface area contributed by atoms with Crippen LogP contribution in [0.5, 0.6) is 0 Å². The fraction of sp³-hybridized carbons (Fsp3) is 0.467. The molecule has 0 unspecified atom stereocenters. The number of aromatic nitrogens is 3. The van der Waals surface area contributed by atoms with Crippen molar-refractivity contribution < 1.29 is 22.5 Å². The Labute approximate surface area is 137 Å². The van der Waals surface area contributed by atoms with Gasteiger partial charge in [0.2, 0.25) is 5.82 Å². The Bertz CT molecular complexity index is 725.